The second-order valence-electron chi connectivity index (χ2n) is 3.03. The van der Waals surface area contributed by atoms with Crippen LogP contribution in [0.2, 0.25) is 5.02 Å². The highest BCUT2D eigenvalue weighted by Crippen LogP contribution is 2.16. The molecule has 0 aliphatic rings. The summed E-state index contributed by atoms with van der Waals surface area (Å²) >= 11 is 5.69. The normalized spacial score (nSPS) is 11.6. The van der Waals surface area contributed by atoms with Gasteiger partial charge in [-0.05, 0) is 24.3 Å². The highest BCUT2D eigenvalue weighted by molar-refractivity contribution is 7.86. The molecule has 0 aliphatic heterocycles. The minimum Gasteiger partial charge on any atom is -0.240 e. The predicted octanol–water partition coefficient (Wildman–Crippen LogP) is 2.18. The van der Waals surface area contributed by atoms with Gasteiger partial charge in [-0.2, -0.15) is 13.5 Å². The van der Waals surface area contributed by atoms with E-state index in [0.717, 1.165) is 12.4 Å². The second-order valence-corrected chi connectivity index (χ2v) is 4.82. The molecule has 0 bridgehead atoms. The number of benzene rings is 1. The molecule has 2 aromatic rings. The van der Waals surface area contributed by atoms with Crippen molar-refractivity contribution in [3.05, 3.63) is 41.7 Å². The van der Waals surface area contributed by atoms with E-state index < -0.39 is 15.1 Å². The van der Waals surface area contributed by atoms with Crippen LogP contribution < -0.4 is 0 Å². The lowest BCUT2D eigenvalue weighted by atomic mass is 10.3. The highest BCUT2D eigenvalue weighted by atomic mass is 35.5. The largest absolute Gasteiger partial charge is 0.335 e. The molecule has 84 valence electrons. The first kappa shape index (κ1) is 11.1. The molecule has 7 heteroatoms. The van der Waals surface area contributed by atoms with E-state index in [2.05, 4.69) is 5.10 Å². The summed E-state index contributed by atoms with van der Waals surface area (Å²) in [7, 11) is -4.71. The van der Waals surface area contributed by atoms with Crippen LogP contribution in [0.3, 0.4) is 0 Å². The minimum atomic E-state index is -4.71. The molecule has 4 nitrogen and oxygen atoms in total. The van der Waals surface area contributed by atoms with Crippen molar-refractivity contribution in [1.82, 2.24) is 9.78 Å². The summed E-state index contributed by atoms with van der Waals surface area (Å²) < 4.78 is 35.0. The van der Waals surface area contributed by atoms with Gasteiger partial charge < -0.3 is 0 Å². The van der Waals surface area contributed by atoms with Crippen LogP contribution in [-0.4, -0.2) is 18.2 Å². The fraction of sp³-hybridized carbons (Fsp3) is 0. The number of hydrogen-bond donors (Lipinski definition) is 0. The van der Waals surface area contributed by atoms with E-state index in [1.54, 1.807) is 24.3 Å². The zero-order valence-corrected chi connectivity index (χ0v) is 9.41. The van der Waals surface area contributed by atoms with Crippen LogP contribution in [0.15, 0.2) is 41.6 Å². The van der Waals surface area contributed by atoms with E-state index in [-0.39, 0.29) is 0 Å². The quantitative estimate of drug-likeness (QED) is 0.778. The fourth-order valence-electron chi connectivity index (χ4n) is 1.17. The van der Waals surface area contributed by atoms with Gasteiger partial charge in [-0.15, -0.1) is 3.89 Å². The van der Waals surface area contributed by atoms with Gasteiger partial charge in [0.1, 0.15) is 4.90 Å². The molecule has 0 fully saturated rings. The van der Waals surface area contributed by atoms with Gasteiger partial charge in [-0.25, -0.2) is 4.68 Å². The van der Waals surface area contributed by atoms with Crippen LogP contribution in [0.1, 0.15) is 0 Å². The summed E-state index contributed by atoms with van der Waals surface area (Å²) in [5.74, 6) is 0. The first-order valence-electron chi connectivity index (χ1n) is 4.22. The molecule has 1 heterocycles. The van der Waals surface area contributed by atoms with Gasteiger partial charge in [0, 0.05) is 5.02 Å². The molecular formula is C9H6ClFN2O2S. The first-order valence-corrected chi connectivity index (χ1v) is 5.98. The lowest BCUT2D eigenvalue weighted by Crippen LogP contribution is -1.93. The maximum atomic E-state index is 12.6. The van der Waals surface area contributed by atoms with E-state index in [9.17, 15) is 12.3 Å². The second kappa shape index (κ2) is 3.88. The van der Waals surface area contributed by atoms with Crippen LogP contribution in [-0.2, 0) is 10.2 Å². The Balaban J connectivity index is 2.43. The summed E-state index contributed by atoms with van der Waals surface area (Å²) in [4.78, 5) is -0.470. The Kier molecular flexibility index (Phi) is 2.69. The number of aromatic nitrogens is 2. The predicted molar refractivity (Wildman–Crippen MR) is 56.9 cm³/mol. The van der Waals surface area contributed by atoms with Gasteiger partial charge in [0.15, 0.2) is 0 Å². The van der Waals surface area contributed by atoms with Crippen molar-refractivity contribution in [3.8, 4) is 5.69 Å². The van der Waals surface area contributed by atoms with E-state index in [1.807, 2.05) is 0 Å². The van der Waals surface area contributed by atoms with Crippen LogP contribution >= 0.6 is 11.6 Å². The van der Waals surface area contributed by atoms with Crippen LogP contribution in [0, 0.1) is 0 Å². The Hall–Kier alpha value is -1.40. The van der Waals surface area contributed by atoms with Crippen molar-refractivity contribution in [2.45, 2.75) is 4.90 Å². The number of nitrogens with zero attached hydrogens (tertiary/aromatic N) is 2. The van der Waals surface area contributed by atoms with Crippen molar-refractivity contribution in [3.63, 3.8) is 0 Å². The standard InChI is InChI=1S/C9H6ClFN2O2S/c10-7-1-3-8(4-2-7)13-6-9(5-12-13)16(11,14)15/h1-6H. The van der Waals surface area contributed by atoms with Crippen molar-refractivity contribution in [2.75, 3.05) is 0 Å². The molecule has 1 aromatic carbocycles. The van der Waals surface area contributed by atoms with Gasteiger partial charge in [-0.1, -0.05) is 11.6 Å². The Morgan fingerprint density at radius 3 is 2.38 bits per heavy atom. The zero-order chi connectivity index (χ0) is 11.8. The summed E-state index contributed by atoms with van der Waals surface area (Å²) in [6.07, 6.45) is 2.04. The molecule has 0 aliphatic carbocycles. The summed E-state index contributed by atoms with van der Waals surface area (Å²) in [6.45, 7) is 0. The first-order chi connectivity index (χ1) is 7.47. The summed E-state index contributed by atoms with van der Waals surface area (Å²) in [5, 5.41) is 4.29. The third kappa shape index (κ3) is 2.23. The zero-order valence-electron chi connectivity index (χ0n) is 7.84. The fourth-order valence-corrected chi connectivity index (χ4v) is 1.69. The number of halogens is 2. The number of hydrogen-bond acceptors (Lipinski definition) is 3. The molecule has 0 saturated heterocycles. The van der Waals surface area contributed by atoms with Crippen LogP contribution in [0.4, 0.5) is 3.89 Å². The molecule has 2 rings (SSSR count). The van der Waals surface area contributed by atoms with Crippen LogP contribution in [0.5, 0.6) is 0 Å². The van der Waals surface area contributed by atoms with Crippen LogP contribution in [0.25, 0.3) is 5.69 Å². The average Bonchev–Trinajstić information content (AvgIpc) is 2.67. The van der Waals surface area contributed by atoms with E-state index in [0.29, 0.717) is 10.7 Å². The smallest absolute Gasteiger partial charge is 0.240 e. The lowest BCUT2D eigenvalue weighted by Gasteiger charge is -1.99. The maximum Gasteiger partial charge on any atom is 0.335 e. The summed E-state index contributed by atoms with van der Waals surface area (Å²) in [6, 6.07) is 6.54. The van der Waals surface area contributed by atoms with Gasteiger partial charge >= 0.3 is 10.2 Å². The molecule has 0 amide bonds. The molecular weight excluding hydrogens is 255 g/mol. The van der Waals surface area contributed by atoms with Crippen molar-refractivity contribution in [1.29, 1.82) is 0 Å². The molecule has 0 spiro atoms. The van der Waals surface area contributed by atoms with E-state index >= 15 is 0 Å². The molecule has 0 unspecified atom stereocenters. The molecule has 0 atom stereocenters. The Bertz CT molecular complexity index is 607. The van der Waals surface area contributed by atoms with Crippen molar-refractivity contribution >= 4 is 21.8 Å². The van der Waals surface area contributed by atoms with Gasteiger partial charge in [0.25, 0.3) is 0 Å². The number of rotatable bonds is 2. The monoisotopic (exact) mass is 260 g/mol. The topological polar surface area (TPSA) is 52.0 Å². The van der Waals surface area contributed by atoms with E-state index in [4.69, 9.17) is 11.6 Å². The van der Waals surface area contributed by atoms with Gasteiger partial charge in [-0.3, -0.25) is 0 Å². The van der Waals surface area contributed by atoms with E-state index in [1.165, 1.54) is 4.68 Å². The lowest BCUT2D eigenvalue weighted by molar-refractivity contribution is 0.552. The minimum absolute atomic E-state index is 0.470. The van der Waals surface area contributed by atoms with Crippen molar-refractivity contribution in [2.24, 2.45) is 0 Å². The Labute approximate surface area is 96.5 Å². The highest BCUT2D eigenvalue weighted by Gasteiger charge is 2.14. The van der Waals surface area contributed by atoms with Gasteiger partial charge in [0.2, 0.25) is 0 Å². The molecule has 0 saturated carbocycles. The van der Waals surface area contributed by atoms with Gasteiger partial charge in [0.05, 0.1) is 18.1 Å². The SMILES string of the molecule is O=S(=O)(F)c1cnn(-c2ccc(Cl)cc2)c1. The maximum absolute atomic E-state index is 12.6. The van der Waals surface area contributed by atoms with Crippen molar-refractivity contribution < 1.29 is 12.3 Å². The third-order valence-corrected chi connectivity index (χ3v) is 2.96. The molecule has 0 N–H and O–H groups in total. The summed E-state index contributed by atoms with van der Waals surface area (Å²) in [5.41, 5.74) is 0.597. The Morgan fingerprint density at radius 2 is 1.88 bits per heavy atom. The molecule has 16 heavy (non-hydrogen) atoms. The average molecular weight is 261 g/mol. The molecule has 0 radical (unpaired) electrons. The third-order valence-electron chi connectivity index (χ3n) is 1.93. The molecule has 1 aromatic heterocycles. The Morgan fingerprint density at radius 1 is 1.25 bits per heavy atom.